The van der Waals surface area contributed by atoms with Gasteiger partial charge in [-0.3, -0.25) is 4.79 Å². The van der Waals surface area contributed by atoms with E-state index in [1.165, 1.54) is 5.56 Å². The van der Waals surface area contributed by atoms with Gasteiger partial charge in [0.05, 0.1) is 0 Å². The largest absolute Gasteiger partial charge is 0.321 e. The quantitative estimate of drug-likeness (QED) is 0.641. The summed E-state index contributed by atoms with van der Waals surface area (Å²) in [5.41, 5.74) is 3.16. The van der Waals surface area contributed by atoms with Gasteiger partial charge in [-0.15, -0.1) is 0 Å². The highest BCUT2D eigenvalue weighted by atomic mass is 127. The summed E-state index contributed by atoms with van der Waals surface area (Å²) < 4.78 is 3.10. The second kappa shape index (κ2) is 6.83. The van der Waals surface area contributed by atoms with Gasteiger partial charge in [-0.1, -0.05) is 13.0 Å². The number of carbonyl (C=O) groups excluding carboxylic acids is 1. The van der Waals surface area contributed by atoms with Gasteiger partial charge in [0.25, 0.3) is 5.91 Å². The van der Waals surface area contributed by atoms with Crippen LogP contribution in [0.3, 0.4) is 0 Å². The van der Waals surface area contributed by atoms with Gasteiger partial charge in [0.15, 0.2) is 11.9 Å². The van der Waals surface area contributed by atoms with E-state index in [9.17, 15) is 4.79 Å². The molecule has 0 unspecified atom stereocenters. The number of halogens is 1. The van der Waals surface area contributed by atoms with Gasteiger partial charge >= 0.3 is 0 Å². The Morgan fingerprint density at radius 2 is 2.10 bits per heavy atom. The standard InChI is InChI=1S/C16H17IN2O/c1-3-13-8-7-12(2)19(10-13)11-16(20)18-15-6-4-5-14(17)9-15/h4-10H,3,11H2,1-2H3/p+1. The van der Waals surface area contributed by atoms with Crippen molar-refractivity contribution in [3.63, 3.8) is 0 Å². The van der Waals surface area contributed by atoms with Crippen molar-refractivity contribution in [2.45, 2.75) is 26.8 Å². The molecular weight excluding hydrogens is 363 g/mol. The molecule has 1 aromatic carbocycles. The maximum Gasteiger partial charge on any atom is 0.290 e. The summed E-state index contributed by atoms with van der Waals surface area (Å²) in [6.07, 6.45) is 3.02. The van der Waals surface area contributed by atoms with E-state index in [0.29, 0.717) is 6.54 Å². The molecule has 0 saturated carbocycles. The maximum atomic E-state index is 12.1. The monoisotopic (exact) mass is 381 g/mol. The lowest BCUT2D eigenvalue weighted by Gasteiger charge is -2.05. The maximum absolute atomic E-state index is 12.1. The Balaban J connectivity index is 2.08. The van der Waals surface area contributed by atoms with Crippen LogP contribution in [0.5, 0.6) is 0 Å². The fourth-order valence-corrected chi connectivity index (χ4v) is 2.51. The molecule has 20 heavy (non-hydrogen) atoms. The van der Waals surface area contributed by atoms with Crippen molar-refractivity contribution in [1.82, 2.24) is 0 Å². The lowest BCUT2D eigenvalue weighted by Crippen LogP contribution is -2.43. The second-order valence-electron chi connectivity index (χ2n) is 4.72. The van der Waals surface area contributed by atoms with E-state index in [4.69, 9.17) is 0 Å². The zero-order valence-corrected chi connectivity index (χ0v) is 13.8. The summed E-state index contributed by atoms with van der Waals surface area (Å²) in [7, 11) is 0. The molecular formula is C16H18IN2O+. The summed E-state index contributed by atoms with van der Waals surface area (Å²) in [4.78, 5) is 12.1. The summed E-state index contributed by atoms with van der Waals surface area (Å²) >= 11 is 2.23. The third-order valence-corrected chi connectivity index (χ3v) is 3.81. The number of amides is 1. The molecule has 1 N–H and O–H groups in total. The number of aromatic nitrogens is 1. The van der Waals surface area contributed by atoms with Crippen LogP contribution >= 0.6 is 22.6 Å². The van der Waals surface area contributed by atoms with Crippen LogP contribution < -0.4 is 9.88 Å². The Morgan fingerprint density at radius 3 is 2.80 bits per heavy atom. The van der Waals surface area contributed by atoms with Crippen LogP contribution in [-0.4, -0.2) is 5.91 Å². The van der Waals surface area contributed by atoms with E-state index in [0.717, 1.165) is 21.4 Å². The van der Waals surface area contributed by atoms with E-state index in [-0.39, 0.29) is 5.91 Å². The SMILES string of the molecule is CCc1ccc(C)[n+](CC(=O)Nc2cccc(I)c2)c1. The molecule has 0 aliphatic rings. The van der Waals surface area contributed by atoms with Crippen LogP contribution in [0.25, 0.3) is 0 Å². The van der Waals surface area contributed by atoms with Gasteiger partial charge in [0.2, 0.25) is 6.54 Å². The minimum Gasteiger partial charge on any atom is -0.321 e. The summed E-state index contributed by atoms with van der Waals surface area (Å²) in [5.74, 6) is -0.00615. The van der Waals surface area contributed by atoms with Gasteiger partial charge in [-0.25, -0.2) is 0 Å². The van der Waals surface area contributed by atoms with E-state index in [1.807, 2.05) is 42.0 Å². The predicted molar refractivity (Wildman–Crippen MR) is 88.5 cm³/mol. The normalized spacial score (nSPS) is 10.3. The number of carbonyl (C=O) groups is 1. The fourth-order valence-electron chi connectivity index (χ4n) is 1.97. The van der Waals surface area contributed by atoms with Crippen molar-refractivity contribution in [3.05, 3.63) is 57.4 Å². The Labute approximate surface area is 133 Å². The molecule has 1 amide bonds. The molecule has 0 aliphatic heterocycles. The van der Waals surface area contributed by atoms with Crippen LogP contribution in [0.4, 0.5) is 5.69 Å². The predicted octanol–water partition coefficient (Wildman–Crippen LogP) is 3.09. The van der Waals surface area contributed by atoms with Gasteiger partial charge in [-0.2, -0.15) is 4.57 Å². The molecule has 1 aromatic heterocycles. The van der Waals surface area contributed by atoms with Crippen molar-refractivity contribution >= 4 is 34.2 Å². The smallest absolute Gasteiger partial charge is 0.290 e. The highest BCUT2D eigenvalue weighted by molar-refractivity contribution is 14.1. The highest BCUT2D eigenvalue weighted by Gasteiger charge is 2.13. The number of nitrogens with zero attached hydrogens (tertiary/aromatic N) is 1. The number of benzene rings is 1. The second-order valence-corrected chi connectivity index (χ2v) is 5.96. The van der Waals surface area contributed by atoms with Crippen molar-refractivity contribution in [3.8, 4) is 0 Å². The molecule has 1 heterocycles. The molecule has 104 valence electrons. The molecule has 0 fully saturated rings. The van der Waals surface area contributed by atoms with E-state index < -0.39 is 0 Å². The summed E-state index contributed by atoms with van der Waals surface area (Å²) in [5, 5.41) is 2.93. The first kappa shape index (κ1) is 15.0. The van der Waals surface area contributed by atoms with Crippen molar-refractivity contribution < 1.29 is 9.36 Å². The first-order chi connectivity index (χ1) is 9.58. The van der Waals surface area contributed by atoms with Gasteiger partial charge in [-0.05, 0) is 53.3 Å². The van der Waals surface area contributed by atoms with Crippen LogP contribution in [0.15, 0.2) is 42.6 Å². The number of nitrogens with one attached hydrogen (secondary N) is 1. The Hall–Kier alpha value is -1.43. The molecule has 4 heteroatoms. The topological polar surface area (TPSA) is 33.0 Å². The van der Waals surface area contributed by atoms with E-state index in [2.05, 4.69) is 47.0 Å². The zero-order valence-electron chi connectivity index (χ0n) is 11.7. The van der Waals surface area contributed by atoms with Gasteiger partial charge in [0.1, 0.15) is 0 Å². The summed E-state index contributed by atoms with van der Waals surface area (Å²) in [6.45, 7) is 4.46. The number of rotatable bonds is 4. The lowest BCUT2D eigenvalue weighted by molar-refractivity contribution is -0.690. The van der Waals surface area contributed by atoms with Crippen molar-refractivity contribution in [2.24, 2.45) is 0 Å². The molecule has 0 bridgehead atoms. The lowest BCUT2D eigenvalue weighted by atomic mass is 10.2. The Morgan fingerprint density at radius 1 is 1.30 bits per heavy atom. The molecule has 2 aromatic rings. The average Bonchev–Trinajstić information content (AvgIpc) is 2.41. The number of pyridine rings is 1. The highest BCUT2D eigenvalue weighted by Crippen LogP contribution is 2.12. The van der Waals surface area contributed by atoms with Crippen LogP contribution in [-0.2, 0) is 17.8 Å². The first-order valence-electron chi connectivity index (χ1n) is 6.63. The van der Waals surface area contributed by atoms with E-state index >= 15 is 0 Å². The van der Waals surface area contributed by atoms with Crippen molar-refractivity contribution in [1.29, 1.82) is 0 Å². The van der Waals surface area contributed by atoms with Gasteiger partial charge < -0.3 is 5.32 Å². The molecule has 3 nitrogen and oxygen atoms in total. The minimum absolute atomic E-state index is 0.00615. The molecule has 0 saturated heterocycles. The molecule has 0 atom stereocenters. The number of aryl methyl sites for hydroxylation is 2. The third-order valence-electron chi connectivity index (χ3n) is 3.14. The molecule has 0 spiro atoms. The number of hydrogen-bond acceptors (Lipinski definition) is 1. The van der Waals surface area contributed by atoms with Gasteiger partial charge in [0, 0.05) is 27.8 Å². The number of anilines is 1. The van der Waals surface area contributed by atoms with E-state index in [1.54, 1.807) is 0 Å². The number of hydrogen-bond donors (Lipinski definition) is 1. The Kier molecular flexibility index (Phi) is 5.11. The van der Waals surface area contributed by atoms with Crippen LogP contribution in [0.2, 0.25) is 0 Å². The fraction of sp³-hybridized carbons (Fsp3) is 0.250. The first-order valence-corrected chi connectivity index (χ1v) is 7.70. The third kappa shape index (κ3) is 4.03. The Bertz CT molecular complexity index is 626. The molecule has 0 aliphatic carbocycles. The molecule has 0 radical (unpaired) electrons. The molecule has 2 rings (SSSR count). The van der Waals surface area contributed by atoms with Crippen LogP contribution in [0.1, 0.15) is 18.2 Å². The van der Waals surface area contributed by atoms with Crippen molar-refractivity contribution in [2.75, 3.05) is 5.32 Å². The minimum atomic E-state index is -0.00615. The average molecular weight is 381 g/mol. The zero-order chi connectivity index (χ0) is 14.5. The summed E-state index contributed by atoms with van der Waals surface area (Å²) in [6, 6.07) is 12.0. The van der Waals surface area contributed by atoms with Crippen LogP contribution in [0, 0.1) is 10.5 Å².